The van der Waals surface area contributed by atoms with E-state index in [9.17, 15) is 18.8 Å². The first-order valence-corrected chi connectivity index (χ1v) is 12.3. The molecule has 1 aliphatic heterocycles. The Hall–Kier alpha value is -3.42. The van der Waals surface area contributed by atoms with E-state index >= 15 is 0 Å². The van der Waals surface area contributed by atoms with Gasteiger partial charge in [0, 0.05) is 57.1 Å². The molecule has 2 aromatic carbocycles. The average Bonchev–Trinajstić information content (AvgIpc) is 2.84. The Morgan fingerprint density at radius 1 is 0.971 bits per heavy atom. The number of anilines is 2. The lowest BCUT2D eigenvalue weighted by Crippen LogP contribution is -2.49. The monoisotopic (exact) mass is 482 g/mol. The molecule has 0 atom stereocenters. The van der Waals surface area contributed by atoms with Crippen molar-refractivity contribution in [1.29, 1.82) is 0 Å². The van der Waals surface area contributed by atoms with Gasteiger partial charge in [0.1, 0.15) is 5.82 Å². The second kappa shape index (κ2) is 11.8. The third-order valence-corrected chi connectivity index (χ3v) is 6.21. The van der Waals surface area contributed by atoms with Crippen LogP contribution in [0.5, 0.6) is 0 Å². The van der Waals surface area contributed by atoms with E-state index in [1.54, 1.807) is 23.1 Å². The average molecular weight is 483 g/mol. The number of halogens is 1. The first-order valence-electron chi connectivity index (χ1n) is 12.3. The Labute approximate surface area is 206 Å². The zero-order valence-corrected chi connectivity index (χ0v) is 21.0. The molecule has 3 rings (SSSR count). The summed E-state index contributed by atoms with van der Waals surface area (Å²) in [4.78, 5) is 44.2. The Bertz CT molecular complexity index is 1060. The molecule has 0 aliphatic carbocycles. The van der Waals surface area contributed by atoms with Gasteiger partial charge in [-0.15, -0.1) is 0 Å². The minimum atomic E-state index is -0.606. The van der Waals surface area contributed by atoms with E-state index < -0.39 is 11.7 Å². The van der Waals surface area contributed by atoms with Crippen molar-refractivity contribution in [3.63, 3.8) is 0 Å². The zero-order valence-electron chi connectivity index (χ0n) is 21.0. The first-order chi connectivity index (χ1) is 16.7. The minimum absolute atomic E-state index is 0.0598. The Balaban J connectivity index is 1.85. The second-order valence-electron chi connectivity index (χ2n) is 9.11. The highest BCUT2D eigenvalue weighted by atomic mass is 19.1. The molecule has 0 spiro atoms. The van der Waals surface area contributed by atoms with Crippen molar-refractivity contribution in [1.82, 2.24) is 9.80 Å². The number of nitrogens with zero attached hydrogens (tertiary/aromatic N) is 3. The van der Waals surface area contributed by atoms with Crippen LogP contribution in [-0.2, 0) is 4.79 Å². The molecular formula is C27H35FN4O3. The summed E-state index contributed by atoms with van der Waals surface area (Å²) < 4.78 is 14.1. The Kier molecular flexibility index (Phi) is 8.84. The van der Waals surface area contributed by atoms with Crippen LogP contribution < -0.4 is 10.2 Å². The third kappa shape index (κ3) is 6.38. The maximum Gasteiger partial charge on any atom is 0.258 e. The number of piperazine rings is 1. The molecule has 188 valence electrons. The van der Waals surface area contributed by atoms with Gasteiger partial charge in [0.25, 0.3) is 11.8 Å². The van der Waals surface area contributed by atoms with E-state index in [0.717, 1.165) is 5.69 Å². The van der Waals surface area contributed by atoms with Crippen LogP contribution in [0.4, 0.5) is 15.8 Å². The minimum Gasteiger partial charge on any atom is -0.367 e. The summed E-state index contributed by atoms with van der Waals surface area (Å²) >= 11 is 0. The van der Waals surface area contributed by atoms with Crippen molar-refractivity contribution in [2.45, 2.75) is 34.1 Å². The number of carbonyl (C=O) groups is 3. The van der Waals surface area contributed by atoms with Gasteiger partial charge in [0.2, 0.25) is 5.91 Å². The van der Waals surface area contributed by atoms with Gasteiger partial charge in [-0.05, 0) is 50.1 Å². The van der Waals surface area contributed by atoms with Crippen LogP contribution in [0.2, 0.25) is 0 Å². The van der Waals surface area contributed by atoms with E-state index in [-0.39, 0.29) is 17.4 Å². The van der Waals surface area contributed by atoms with Gasteiger partial charge < -0.3 is 20.0 Å². The van der Waals surface area contributed by atoms with Crippen molar-refractivity contribution >= 4 is 29.1 Å². The summed E-state index contributed by atoms with van der Waals surface area (Å²) in [6.07, 6.45) is 0.530. The summed E-state index contributed by atoms with van der Waals surface area (Å²) in [7, 11) is 0. The maximum absolute atomic E-state index is 14.1. The number of rotatable bonds is 8. The molecule has 1 heterocycles. The van der Waals surface area contributed by atoms with Crippen LogP contribution >= 0.6 is 0 Å². The molecule has 1 saturated heterocycles. The molecule has 1 aliphatic rings. The predicted octanol–water partition coefficient (Wildman–Crippen LogP) is 4.25. The highest BCUT2D eigenvalue weighted by Gasteiger charge is 2.26. The molecule has 35 heavy (non-hydrogen) atoms. The number of benzene rings is 2. The molecule has 1 N–H and O–H groups in total. The molecule has 0 aromatic heterocycles. The number of hydrogen-bond acceptors (Lipinski definition) is 4. The zero-order chi connectivity index (χ0) is 25.5. The SMILES string of the molecule is CCN(CC)C(=O)c1cc(NC(=O)c2ccccc2F)ccc1N1CCN(C(=O)CC(C)C)CC1. The number of nitrogens with one attached hydrogen (secondary N) is 1. The van der Waals surface area contributed by atoms with Gasteiger partial charge in [0.15, 0.2) is 0 Å². The molecule has 3 amide bonds. The van der Waals surface area contributed by atoms with Gasteiger partial charge in [-0.3, -0.25) is 14.4 Å². The summed E-state index contributed by atoms with van der Waals surface area (Å²) in [6, 6.07) is 11.0. The predicted molar refractivity (Wildman–Crippen MR) is 136 cm³/mol. The molecular weight excluding hydrogens is 447 g/mol. The van der Waals surface area contributed by atoms with Gasteiger partial charge in [-0.2, -0.15) is 0 Å². The summed E-state index contributed by atoms with van der Waals surface area (Å²) in [5.41, 5.74) is 1.60. The van der Waals surface area contributed by atoms with E-state index in [4.69, 9.17) is 0 Å². The van der Waals surface area contributed by atoms with Crippen LogP contribution in [0.1, 0.15) is 54.8 Å². The lowest BCUT2D eigenvalue weighted by molar-refractivity contribution is -0.132. The van der Waals surface area contributed by atoms with Crippen molar-refractivity contribution in [2.24, 2.45) is 5.92 Å². The molecule has 0 unspecified atom stereocenters. The van der Waals surface area contributed by atoms with Gasteiger partial charge in [-0.25, -0.2) is 4.39 Å². The fraction of sp³-hybridized carbons (Fsp3) is 0.444. The van der Waals surface area contributed by atoms with Crippen molar-refractivity contribution in [2.75, 3.05) is 49.5 Å². The molecule has 0 saturated carbocycles. The molecule has 8 heteroatoms. The van der Waals surface area contributed by atoms with E-state index in [1.165, 1.54) is 18.2 Å². The van der Waals surface area contributed by atoms with Crippen LogP contribution in [0, 0.1) is 11.7 Å². The maximum atomic E-state index is 14.1. The quantitative estimate of drug-likeness (QED) is 0.610. The van der Waals surface area contributed by atoms with E-state index in [0.29, 0.717) is 62.9 Å². The Morgan fingerprint density at radius 2 is 1.63 bits per heavy atom. The number of carbonyl (C=O) groups excluding carboxylic acids is 3. The molecule has 2 aromatic rings. The summed E-state index contributed by atoms with van der Waals surface area (Å²) in [6.45, 7) is 11.4. The van der Waals surface area contributed by atoms with Crippen LogP contribution in [0.3, 0.4) is 0 Å². The van der Waals surface area contributed by atoms with Gasteiger partial charge >= 0.3 is 0 Å². The van der Waals surface area contributed by atoms with Crippen molar-refractivity contribution < 1.29 is 18.8 Å². The third-order valence-electron chi connectivity index (χ3n) is 6.21. The summed E-state index contributed by atoms with van der Waals surface area (Å²) in [5.74, 6) is -0.846. The topological polar surface area (TPSA) is 73.0 Å². The smallest absolute Gasteiger partial charge is 0.258 e. The van der Waals surface area contributed by atoms with Gasteiger partial charge in [-0.1, -0.05) is 26.0 Å². The fourth-order valence-corrected chi connectivity index (χ4v) is 4.26. The van der Waals surface area contributed by atoms with Crippen molar-refractivity contribution in [3.8, 4) is 0 Å². The van der Waals surface area contributed by atoms with Crippen LogP contribution in [-0.4, -0.2) is 66.8 Å². The van der Waals surface area contributed by atoms with Crippen LogP contribution in [0.15, 0.2) is 42.5 Å². The van der Waals surface area contributed by atoms with Crippen molar-refractivity contribution in [3.05, 3.63) is 59.4 Å². The fourth-order valence-electron chi connectivity index (χ4n) is 4.26. The molecule has 0 radical (unpaired) electrons. The normalized spacial score (nSPS) is 13.7. The summed E-state index contributed by atoms with van der Waals surface area (Å²) in [5, 5.41) is 2.72. The largest absolute Gasteiger partial charge is 0.367 e. The highest BCUT2D eigenvalue weighted by molar-refractivity contribution is 6.06. The van der Waals surface area contributed by atoms with Gasteiger partial charge in [0.05, 0.1) is 11.1 Å². The van der Waals surface area contributed by atoms with Crippen LogP contribution in [0.25, 0.3) is 0 Å². The van der Waals surface area contributed by atoms with E-state index in [2.05, 4.69) is 10.2 Å². The molecule has 0 bridgehead atoms. The lowest BCUT2D eigenvalue weighted by Gasteiger charge is -2.37. The number of hydrogen-bond donors (Lipinski definition) is 1. The second-order valence-corrected chi connectivity index (χ2v) is 9.11. The Morgan fingerprint density at radius 3 is 2.23 bits per heavy atom. The molecule has 1 fully saturated rings. The molecule has 7 nitrogen and oxygen atoms in total. The highest BCUT2D eigenvalue weighted by Crippen LogP contribution is 2.28. The van der Waals surface area contributed by atoms with E-state index in [1.807, 2.05) is 38.7 Å². The lowest BCUT2D eigenvalue weighted by atomic mass is 10.1. The number of amides is 3. The first kappa shape index (κ1) is 26.2. The standard InChI is InChI=1S/C27H35FN4O3/c1-5-30(6-2)27(35)22-18-20(29-26(34)21-9-7-8-10-23(21)28)11-12-24(22)31-13-15-32(16-14-31)25(33)17-19(3)4/h7-12,18-19H,5-6,13-17H2,1-4H3,(H,29,34).